The number of allylic oxidation sites excluding steroid dienone is 1. The Morgan fingerprint density at radius 1 is 0.800 bits per heavy atom. The number of hydrogen-bond acceptors (Lipinski definition) is 5. The molecule has 0 fully saturated rings. The number of alkyl carbamates (subject to hydrolysis) is 1. The maximum Gasteiger partial charge on any atom is 0.408 e. The molecule has 1 amide bonds. The summed E-state index contributed by atoms with van der Waals surface area (Å²) in [5.74, 6) is 0.739. The van der Waals surface area contributed by atoms with E-state index in [1.165, 1.54) is 7.11 Å². The van der Waals surface area contributed by atoms with Crippen LogP contribution in [0.4, 0.5) is 4.79 Å². The molecule has 0 spiro atoms. The van der Waals surface area contributed by atoms with E-state index in [1.54, 1.807) is 7.11 Å². The molecule has 4 rings (SSSR count). The van der Waals surface area contributed by atoms with Crippen molar-refractivity contribution in [3.8, 4) is 5.75 Å². The summed E-state index contributed by atoms with van der Waals surface area (Å²) < 4.78 is 16.0. The summed E-state index contributed by atoms with van der Waals surface area (Å²) >= 11 is 5.45. The van der Waals surface area contributed by atoms with Gasteiger partial charge in [-0.15, -0.1) is 0 Å². The van der Waals surface area contributed by atoms with E-state index in [0.717, 1.165) is 28.0 Å². The fourth-order valence-electron chi connectivity index (χ4n) is 4.68. The van der Waals surface area contributed by atoms with E-state index in [4.69, 9.17) is 26.4 Å². The number of carbonyl (C=O) groups excluding carboxylic acids is 1. The fraction of sp³-hybridized carbons (Fsp3) is 0.176. The predicted octanol–water partition coefficient (Wildman–Crippen LogP) is 7.24. The molecule has 4 aromatic carbocycles. The van der Waals surface area contributed by atoms with Crippen molar-refractivity contribution in [2.24, 2.45) is 0 Å². The van der Waals surface area contributed by atoms with E-state index in [0.29, 0.717) is 6.42 Å². The Morgan fingerprint density at radius 3 is 1.75 bits per heavy atom. The SMILES string of the molecule is COC(=S)C(C/C=C\C(c1ccccc1)(c1ccccc1)c1ccccc1)NC(=O)OCc1ccc(OC)cc1. The molecule has 40 heavy (non-hydrogen) atoms. The highest BCUT2D eigenvalue weighted by Crippen LogP contribution is 2.40. The van der Waals surface area contributed by atoms with Crippen LogP contribution in [0.2, 0.25) is 0 Å². The molecule has 0 aliphatic carbocycles. The van der Waals surface area contributed by atoms with E-state index in [-0.39, 0.29) is 11.7 Å². The topological polar surface area (TPSA) is 56.8 Å². The van der Waals surface area contributed by atoms with Crippen molar-refractivity contribution in [3.05, 3.63) is 150 Å². The van der Waals surface area contributed by atoms with Gasteiger partial charge in [-0.2, -0.15) is 0 Å². The number of carbonyl (C=O) groups is 1. The lowest BCUT2D eigenvalue weighted by atomic mass is 9.69. The number of amides is 1. The Hall–Kier alpha value is -4.42. The van der Waals surface area contributed by atoms with Crippen LogP contribution in [0, 0.1) is 0 Å². The van der Waals surface area contributed by atoms with Crippen molar-refractivity contribution in [2.75, 3.05) is 14.2 Å². The van der Waals surface area contributed by atoms with E-state index >= 15 is 0 Å². The minimum atomic E-state index is -0.575. The average molecular weight is 552 g/mol. The normalized spacial score (nSPS) is 11.9. The van der Waals surface area contributed by atoms with Crippen LogP contribution in [0.1, 0.15) is 28.7 Å². The van der Waals surface area contributed by atoms with Gasteiger partial charge in [0, 0.05) is 0 Å². The third kappa shape index (κ3) is 6.96. The molecule has 0 aliphatic rings. The lowest BCUT2D eigenvalue weighted by Gasteiger charge is -2.33. The standard InChI is InChI=1S/C34H33NO4S/c1-37-30-22-20-26(21-23-30)25-39-33(36)35-31(32(40)38-2)19-12-24-34(27-13-6-3-7-14-27,28-15-8-4-9-16-28)29-17-10-5-11-18-29/h3-18,20-24,31H,19,25H2,1-2H3,(H,35,36)/b24-12-. The van der Waals surface area contributed by atoms with Gasteiger partial charge in [-0.25, -0.2) is 4.79 Å². The number of thiocarbonyl (C=S) groups is 1. The molecule has 0 saturated carbocycles. The van der Waals surface area contributed by atoms with Crippen LogP contribution in [0.15, 0.2) is 127 Å². The summed E-state index contributed by atoms with van der Waals surface area (Å²) in [6.07, 6.45) is 4.07. The average Bonchev–Trinajstić information content (AvgIpc) is 3.02. The first-order valence-corrected chi connectivity index (χ1v) is 13.5. The Morgan fingerprint density at radius 2 is 1.30 bits per heavy atom. The van der Waals surface area contributed by atoms with Gasteiger partial charge in [0.2, 0.25) is 0 Å². The summed E-state index contributed by atoms with van der Waals surface area (Å²) in [6.45, 7) is 0.122. The van der Waals surface area contributed by atoms with E-state index in [1.807, 2.05) is 84.9 Å². The monoisotopic (exact) mass is 551 g/mol. The second-order valence-corrected chi connectivity index (χ2v) is 9.59. The van der Waals surface area contributed by atoms with Gasteiger partial charge in [-0.05, 0) is 53.0 Å². The zero-order chi connectivity index (χ0) is 28.2. The molecule has 0 bridgehead atoms. The molecule has 0 aromatic heterocycles. The molecule has 1 N–H and O–H groups in total. The van der Waals surface area contributed by atoms with Gasteiger partial charge in [0.1, 0.15) is 18.4 Å². The summed E-state index contributed by atoms with van der Waals surface area (Å²) in [7, 11) is 3.11. The van der Waals surface area contributed by atoms with Crippen LogP contribution in [0.5, 0.6) is 5.75 Å². The third-order valence-electron chi connectivity index (χ3n) is 6.73. The number of rotatable bonds is 11. The largest absolute Gasteiger partial charge is 0.497 e. The molecular formula is C34H33NO4S. The molecule has 0 aliphatic heterocycles. The van der Waals surface area contributed by atoms with Gasteiger partial charge < -0.3 is 19.5 Å². The van der Waals surface area contributed by atoms with Crippen LogP contribution in [-0.4, -0.2) is 31.4 Å². The Kier molecular flexibility index (Phi) is 10.1. The maximum atomic E-state index is 12.7. The summed E-state index contributed by atoms with van der Waals surface area (Å²) in [4.78, 5) is 12.7. The molecule has 0 saturated heterocycles. The molecule has 0 heterocycles. The molecule has 204 valence electrons. The van der Waals surface area contributed by atoms with Gasteiger partial charge >= 0.3 is 6.09 Å². The molecule has 6 heteroatoms. The van der Waals surface area contributed by atoms with Gasteiger partial charge in [-0.1, -0.05) is 115 Å². The molecule has 5 nitrogen and oxygen atoms in total. The van der Waals surface area contributed by atoms with Crippen molar-refractivity contribution in [3.63, 3.8) is 0 Å². The van der Waals surface area contributed by atoms with Crippen LogP contribution < -0.4 is 10.1 Å². The smallest absolute Gasteiger partial charge is 0.408 e. The summed E-state index contributed by atoms with van der Waals surface area (Å²) in [6, 6.07) is 37.9. The minimum Gasteiger partial charge on any atom is -0.497 e. The highest BCUT2D eigenvalue weighted by molar-refractivity contribution is 7.80. The lowest BCUT2D eigenvalue weighted by molar-refractivity contribution is 0.137. The van der Waals surface area contributed by atoms with Crippen molar-refractivity contribution in [1.82, 2.24) is 5.32 Å². The Labute approximate surface area is 241 Å². The maximum absolute atomic E-state index is 12.7. The quantitative estimate of drug-likeness (QED) is 0.121. The predicted molar refractivity (Wildman–Crippen MR) is 163 cm³/mol. The first kappa shape index (κ1) is 28.6. The van der Waals surface area contributed by atoms with Gasteiger partial charge in [-0.3, -0.25) is 0 Å². The number of methoxy groups -OCH3 is 2. The van der Waals surface area contributed by atoms with Crippen molar-refractivity contribution < 1.29 is 19.0 Å². The summed E-state index contributed by atoms with van der Waals surface area (Å²) in [5.41, 5.74) is 3.67. The Bertz CT molecular complexity index is 1290. The van der Waals surface area contributed by atoms with Crippen LogP contribution in [0.25, 0.3) is 0 Å². The van der Waals surface area contributed by atoms with Crippen LogP contribution in [0.3, 0.4) is 0 Å². The fourth-order valence-corrected chi connectivity index (χ4v) is 4.84. The summed E-state index contributed by atoms with van der Waals surface area (Å²) in [5, 5.41) is 3.14. The van der Waals surface area contributed by atoms with Crippen molar-refractivity contribution in [1.29, 1.82) is 0 Å². The molecule has 4 aromatic rings. The van der Waals surface area contributed by atoms with Gasteiger partial charge in [0.15, 0.2) is 5.05 Å². The molecule has 1 unspecified atom stereocenters. The molecule has 1 atom stereocenters. The third-order valence-corrected chi connectivity index (χ3v) is 7.18. The highest BCUT2D eigenvalue weighted by Gasteiger charge is 2.33. The second kappa shape index (κ2) is 14.1. The first-order chi connectivity index (χ1) is 19.6. The van der Waals surface area contributed by atoms with Crippen LogP contribution >= 0.6 is 12.2 Å². The Balaban J connectivity index is 1.58. The number of nitrogens with one attached hydrogen (secondary N) is 1. The van der Waals surface area contributed by atoms with Crippen molar-refractivity contribution >= 4 is 23.4 Å². The number of hydrogen-bond donors (Lipinski definition) is 1. The minimum absolute atomic E-state index is 0.122. The zero-order valence-corrected chi connectivity index (χ0v) is 23.5. The van der Waals surface area contributed by atoms with Gasteiger partial charge in [0.25, 0.3) is 0 Å². The zero-order valence-electron chi connectivity index (χ0n) is 22.7. The van der Waals surface area contributed by atoms with Crippen LogP contribution in [-0.2, 0) is 21.5 Å². The van der Waals surface area contributed by atoms with E-state index in [2.05, 4.69) is 47.8 Å². The van der Waals surface area contributed by atoms with E-state index in [9.17, 15) is 4.79 Å². The van der Waals surface area contributed by atoms with Crippen molar-refractivity contribution in [2.45, 2.75) is 24.5 Å². The van der Waals surface area contributed by atoms with E-state index < -0.39 is 17.6 Å². The first-order valence-electron chi connectivity index (χ1n) is 13.0. The number of ether oxygens (including phenoxy) is 3. The molecular weight excluding hydrogens is 518 g/mol. The molecule has 0 radical (unpaired) electrons. The highest BCUT2D eigenvalue weighted by atomic mass is 32.1. The number of benzene rings is 4. The second-order valence-electron chi connectivity index (χ2n) is 9.19. The lowest BCUT2D eigenvalue weighted by Crippen LogP contribution is -2.40. The van der Waals surface area contributed by atoms with Gasteiger partial charge in [0.05, 0.1) is 19.6 Å².